The maximum Gasteiger partial charge on any atom is 0.425 e. The lowest BCUT2D eigenvalue weighted by molar-refractivity contribution is -0.204. The summed E-state index contributed by atoms with van der Waals surface area (Å²) in [6.07, 6.45) is -5.60. The van der Waals surface area contributed by atoms with Crippen molar-refractivity contribution < 1.29 is 27.4 Å². The SMILES string of the molecule is CCOC(=O)C1=CCC(C(F)(F)F)O1. The molecule has 1 heterocycles. The predicted octanol–water partition coefficient (Wildman–Crippen LogP) is 1.78. The fourth-order valence-electron chi connectivity index (χ4n) is 0.998. The Hall–Kier alpha value is -1.20. The lowest BCUT2D eigenvalue weighted by Crippen LogP contribution is -2.29. The molecule has 1 atom stereocenters. The molecule has 0 N–H and O–H groups in total. The van der Waals surface area contributed by atoms with Crippen molar-refractivity contribution in [3.8, 4) is 0 Å². The number of rotatable bonds is 2. The van der Waals surface area contributed by atoms with Gasteiger partial charge in [0.1, 0.15) is 0 Å². The first kappa shape index (κ1) is 10.9. The zero-order chi connectivity index (χ0) is 10.8. The minimum atomic E-state index is -4.44. The van der Waals surface area contributed by atoms with Crippen LogP contribution in [0.2, 0.25) is 0 Å². The molecule has 0 aromatic heterocycles. The minimum Gasteiger partial charge on any atom is -0.473 e. The highest BCUT2D eigenvalue weighted by atomic mass is 19.4. The molecule has 0 aliphatic carbocycles. The van der Waals surface area contributed by atoms with E-state index in [1.165, 1.54) is 0 Å². The molecular weight excluding hydrogens is 201 g/mol. The molecule has 1 unspecified atom stereocenters. The highest BCUT2D eigenvalue weighted by Gasteiger charge is 2.45. The Balaban J connectivity index is 2.52. The quantitative estimate of drug-likeness (QED) is 0.652. The van der Waals surface area contributed by atoms with Crippen LogP contribution in [0.15, 0.2) is 11.8 Å². The Morgan fingerprint density at radius 3 is 2.79 bits per heavy atom. The number of ether oxygens (including phenoxy) is 2. The summed E-state index contributed by atoms with van der Waals surface area (Å²) in [6, 6.07) is 0. The highest BCUT2D eigenvalue weighted by Crippen LogP contribution is 2.31. The van der Waals surface area contributed by atoms with Gasteiger partial charge >= 0.3 is 12.1 Å². The molecule has 0 aromatic carbocycles. The molecule has 0 amide bonds. The van der Waals surface area contributed by atoms with Gasteiger partial charge in [-0.15, -0.1) is 0 Å². The second-order valence-electron chi connectivity index (χ2n) is 2.67. The summed E-state index contributed by atoms with van der Waals surface area (Å²) >= 11 is 0. The molecule has 1 rings (SSSR count). The summed E-state index contributed by atoms with van der Waals surface area (Å²) in [5.74, 6) is -1.20. The number of hydrogen-bond donors (Lipinski definition) is 0. The molecule has 80 valence electrons. The Labute approximate surface area is 78.5 Å². The lowest BCUT2D eigenvalue weighted by atomic mass is 10.2. The first-order valence-corrected chi connectivity index (χ1v) is 4.05. The molecule has 1 aliphatic rings. The van der Waals surface area contributed by atoms with Crippen LogP contribution in [0.1, 0.15) is 13.3 Å². The molecule has 0 radical (unpaired) electrons. The van der Waals surface area contributed by atoms with Crippen LogP contribution in [0.3, 0.4) is 0 Å². The topological polar surface area (TPSA) is 35.5 Å². The summed E-state index contributed by atoms with van der Waals surface area (Å²) in [5, 5.41) is 0. The zero-order valence-corrected chi connectivity index (χ0v) is 7.43. The van der Waals surface area contributed by atoms with E-state index in [1.807, 2.05) is 0 Å². The number of hydrogen-bond acceptors (Lipinski definition) is 3. The van der Waals surface area contributed by atoms with Crippen molar-refractivity contribution in [1.82, 2.24) is 0 Å². The van der Waals surface area contributed by atoms with Crippen molar-refractivity contribution in [3.05, 3.63) is 11.8 Å². The molecule has 0 saturated heterocycles. The fourth-order valence-corrected chi connectivity index (χ4v) is 0.998. The summed E-state index contributed by atoms with van der Waals surface area (Å²) in [7, 11) is 0. The van der Waals surface area contributed by atoms with Crippen molar-refractivity contribution in [3.63, 3.8) is 0 Å². The monoisotopic (exact) mass is 210 g/mol. The first-order chi connectivity index (χ1) is 6.45. The van der Waals surface area contributed by atoms with E-state index in [2.05, 4.69) is 9.47 Å². The van der Waals surface area contributed by atoms with Gasteiger partial charge in [-0.1, -0.05) is 0 Å². The van der Waals surface area contributed by atoms with Gasteiger partial charge in [0, 0.05) is 6.42 Å². The average molecular weight is 210 g/mol. The van der Waals surface area contributed by atoms with Gasteiger partial charge in [-0.2, -0.15) is 13.2 Å². The summed E-state index contributed by atoms with van der Waals surface area (Å²) in [6.45, 7) is 1.67. The number of halogens is 3. The van der Waals surface area contributed by atoms with Crippen molar-refractivity contribution in [2.45, 2.75) is 25.6 Å². The van der Waals surface area contributed by atoms with Crippen LogP contribution in [0.4, 0.5) is 13.2 Å². The maximum atomic E-state index is 12.1. The molecule has 0 spiro atoms. The fraction of sp³-hybridized carbons (Fsp3) is 0.625. The Morgan fingerprint density at radius 2 is 2.36 bits per heavy atom. The molecule has 0 saturated carbocycles. The van der Waals surface area contributed by atoms with E-state index >= 15 is 0 Å². The Morgan fingerprint density at radius 1 is 1.71 bits per heavy atom. The number of esters is 1. The average Bonchev–Trinajstić information content (AvgIpc) is 2.51. The van der Waals surface area contributed by atoms with E-state index in [0.717, 1.165) is 6.08 Å². The van der Waals surface area contributed by atoms with E-state index in [0.29, 0.717) is 0 Å². The normalized spacial score (nSPS) is 21.4. The highest BCUT2D eigenvalue weighted by molar-refractivity contribution is 5.86. The van der Waals surface area contributed by atoms with E-state index in [9.17, 15) is 18.0 Å². The molecule has 6 heteroatoms. The van der Waals surface area contributed by atoms with Crippen molar-refractivity contribution in [2.75, 3.05) is 6.61 Å². The van der Waals surface area contributed by atoms with Gasteiger partial charge in [-0.05, 0) is 13.0 Å². The number of alkyl halides is 3. The second kappa shape index (κ2) is 3.89. The van der Waals surface area contributed by atoms with Crippen molar-refractivity contribution >= 4 is 5.97 Å². The van der Waals surface area contributed by atoms with Crippen LogP contribution in [0.5, 0.6) is 0 Å². The van der Waals surface area contributed by atoms with E-state index in [1.54, 1.807) is 6.92 Å². The van der Waals surface area contributed by atoms with Gasteiger partial charge in [-0.3, -0.25) is 0 Å². The van der Waals surface area contributed by atoms with Gasteiger partial charge in [0.05, 0.1) is 6.61 Å². The van der Waals surface area contributed by atoms with Crippen molar-refractivity contribution in [2.24, 2.45) is 0 Å². The lowest BCUT2D eigenvalue weighted by Gasteiger charge is -2.15. The Kier molecular flexibility index (Phi) is 3.03. The van der Waals surface area contributed by atoms with E-state index < -0.39 is 18.2 Å². The summed E-state index contributed by atoms with van der Waals surface area (Å²) in [4.78, 5) is 10.9. The van der Waals surface area contributed by atoms with Gasteiger partial charge in [0.15, 0.2) is 6.10 Å². The minimum absolute atomic E-state index is 0.107. The predicted molar refractivity (Wildman–Crippen MR) is 40.3 cm³/mol. The van der Waals surface area contributed by atoms with Gasteiger partial charge in [0.25, 0.3) is 0 Å². The third kappa shape index (κ3) is 2.40. The zero-order valence-electron chi connectivity index (χ0n) is 7.43. The maximum absolute atomic E-state index is 12.1. The molecule has 0 fully saturated rings. The third-order valence-electron chi connectivity index (χ3n) is 1.63. The summed E-state index contributed by atoms with van der Waals surface area (Å²) < 4.78 is 45.1. The molecule has 0 aromatic rings. The molecule has 1 aliphatic heterocycles. The van der Waals surface area contributed by atoms with Crippen LogP contribution in [0.25, 0.3) is 0 Å². The number of carbonyl (C=O) groups is 1. The first-order valence-electron chi connectivity index (χ1n) is 4.05. The third-order valence-corrected chi connectivity index (χ3v) is 1.63. The molecule has 14 heavy (non-hydrogen) atoms. The van der Waals surface area contributed by atoms with Crippen LogP contribution in [-0.4, -0.2) is 24.9 Å². The van der Waals surface area contributed by atoms with E-state index in [-0.39, 0.29) is 18.8 Å². The second-order valence-corrected chi connectivity index (χ2v) is 2.67. The molecule has 3 nitrogen and oxygen atoms in total. The Bertz CT molecular complexity index is 257. The largest absolute Gasteiger partial charge is 0.473 e. The van der Waals surface area contributed by atoms with Crippen LogP contribution in [0, 0.1) is 0 Å². The van der Waals surface area contributed by atoms with Gasteiger partial charge < -0.3 is 9.47 Å². The molecular formula is C8H9F3O3. The summed E-state index contributed by atoms with van der Waals surface area (Å²) in [5.41, 5.74) is 0. The smallest absolute Gasteiger partial charge is 0.425 e. The van der Waals surface area contributed by atoms with Crippen LogP contribution < -0.4 is 0 Å². The van der Waals surface area contributed by atoms with Crippen LogP contribution >= 0.6 is 0 Å². The van der Waals surface area contributed by atoms with Gasteiger partial charge in [-0.25, -0.2) is 4.79 Å². The van der Waals surface area contributed by atoms with Gasteiger partial charge in [0.2, 0.25) is 5.76 Å². The van der Waals surface area contributed by atoms with Crippen molar-refractivity contribution in [1.29, 1.82) is 0 Å². The standard InChI is InChI=1S/C8H9F3O3/c1-2-13-7(12)5-3-4-6(14-5)8(9,10)11/h3,6H,2,4H2,1H3. The number of carbonyl (C=O) groups excluding carboxylic acids is 1. The van der Waals surface area contributed by atoms with E-state index in [4.69, 9.17) is 0 Å². The van der Waals surface area contributed by atoms with Crippen LogP contribution in [-0.2, 0) is 14.3 Å². The molecule has 0 bridgehead atoms.